The number of piperazine rings is 1. The van der Waals surface area contributed by atoms with Crippen LogP contribution >= 0.6 is 0 Å². The van der Waals surface area contributed by atoms with Crippen LogP contribution in [-0.2, 0) is 82.3 Å². The molecule has 6 heterocycles. The smallest absolute Gasteiger partial charge is 0.253 e. The van der Waals surface area contributed by atoms with E-state index in [0.29, 0.717) is 78.9 Å². The molecule has 10 amide bonds. The molecule has 7 rings (SSSR count). The van der Waals surface area contributed by atoms with Crippen molar-refractivity contribution in [2.75, 3.05) is 64.7 Å². The summed E-state index contributed by atoms with van der Waals surface area (Å²) in [5.41, 5.74) is 6.86. The minimum atomic E-state index is -1.65. The Morgan fingerprint density at radius 1 is 0.812 bits per heavy atom. The van der Waals surface area contributed by atoms with E-state index in [1.54, 1.807) is 24.8 Å². The third-order valence-corrected chi connectivity index (χ3v) is 17.8. The summed E-state index contributed by atoms with van der Waals surface area (Å²) in [6.07, 6.45) is -0.780. The third-order valence-electron chi connectivity index (χ3n) is 16.6. The highest BCUT2D eigenvalue weighted by Crippen LogP contribution is 2.36. The first-order chi connectivity index (χ1) is 40.0. The van der Waals surface area contributed by atoms with Gasteiger partial charge in [-0.2, -0.15) is 0 Å². The Kier molecular flexibility index (Phi) is 23.7. The number of benzene rings is 1. The zero-order valence-electron chi connectivity index (χ0n) is 47.9. The molecule has 2 aromatic rings. The SMILES string of the molecule is CC[C@H](C)[C@@H]1NC(=O)CNC(=O)[C@@H]2CC(=O)[C@H]([C@@H](C)[C@@H](O)CO)NC(=O)[C@@H]3C[C@@H](O)CN3C(=O)[C@H](CC(N)=O)CC(=O)[C@H](C[SH+]c3[nH]c4c(CN5CCN(C(=O)CCCCCN6C(=O)C=CC6=O)CC5)c(O)ccc4c3C2)NC(=O)CNC1=O.[OH-]. The highest BCUT2D eigenvalue weighted by molar-refractivity contribution is 7.78. The first-order valence-electron chi connectivity index (χ1n) is 28.6. The normalized spacial score (nSPS) is 25.7. The molecule has 1 aromatic heterocycles. The van der Waals surface area contributed by atoms with Gasteiger partial charge in [0, 0.05) is 130 Å². The minimum absolute atomic E-state index is 0. The van der Waals surface area contributed by atoms with Crippen molar-refractivity contribution in [3.63, 3.8) is 0 Å². The number of aliphatic hydroxyl groups excluding tert-OH is 3. The fraction of sp³-hybridized carbons (Fsp3) is 0.607. The number of phenols is 1. The lowest BCUT2D eigenvalue weighted by Gasteiger charge is -2.35. The van der Waals surface area contributed by atoms with Gasteiger partial charge < -0.3 is 73.0 Å². The average Bonchev–Trinajstić information content (AvgIpc) is 3.23. The number of primary amides is 1. The molecule has 13 N–H and O–H groups in total. The molecule has 2 bridgehead atoms. The van der Waals surface area contributed by atoms with Crippen molar-refractivity contribution in [2.24, 2.45) is 29.4 Å². The number of amides is 10. The number of aromatic nitrogens is 1. The molecule has 29 heteroatoms. The third kappa shape index (κ3) is 16.8. The van der Waals surface area contributed by atoms with Crippen LogP contribution in [0.4, 0.5) is 0 Å². The molecule has 28 nitrogen and oxygen atoms in total. The second-order valence-electron chi connectivity index (χ2n) is 22.5. The monoisotopic (exact) mass is 1210 g/mol. The Hall–Kier alpha value is -7.31. The molecule has 85 heavy (non-hydrogen) atoms. The van der Waals surface area contributed by atoms with Crippen LogP contribution in [0.3, 0.4) is 0 Å². The van der Waals surface area contributed by atoms with Gasteiger partial charge in [-0.25, -0.2) is 0 Å². The largest absolute Gasteiger partial charge is 0.870 e. The van der Waals surface area contributed by atoms with E-state index in [0.717, 1.165) is 9.80 Å². The maximum atomic E-state index is 15.0. The highest BCUT2D eigenvalue weighted by Gasteiger charge is 2.45. The van der Waals surface area contributed by atoms with Crippen molar-refractivity contribution in [3.8, 4) is 5.75 Å². The van der Waals surface area contributed by atoms with Gasteiger partial charge >= 0.3 is 0 Å². The first-order valence-corrected chi connectivity index (χ1v) is 29.7. The first kappa shape index (κ1) is 66.8. The van der Waals surface area contributed by atoms with E-state index in [1.807, 2.05) is 4.90 Å². The number of ketones is 2. The number of hydrogen-bond acceptors (Lipinski definition) is 18. The van der Waals surface area contributed by atoms with Gasteiger partial charge in [-0.05, 0) is 37.3 Å². The molecule has 2 saturated heterocycles. The quantitative estimate of drug-likeness (QED) is 0.0354. The number of aromatic amines is 1. The number of nitrogens with two attached hydrogens (primary N) is 1. The standard InChI is InChI=1S/C56H77N11O16S.H2O/c1-4-29(2)49-54(82)59-23-44(75)60-37-28-84-55-35(34-9-10-39(70)36(51(34)63-55)26-64-14-16-65(17-15-64)46(77)8-6-5-7-13-66-47(78)11-12-48(66)79)18-31(52(80)58-24-45(76)61-49)19-41(72)50(30(3)42(73)27-68)62-53(81)38-22-33(69)25-67(38)56(83)32(20-40(37)71)21-43(57)74;/h9-12,29-33,37-38,42,49-50,63,68-70,73H,4-8,13-28H2,1-3H3,(H2,57,74)(H,58,80)(H,59,82)(H,60,75)(H,61,76)(H,62,81);1H2/t29-,30-,31-,32-,33+,37-,38-,42-,49-,50-;/m0./s1. The minimum Gasteiger partial charge on any atom is -0.870 e. The van der Waals surface area contributed by atoms with Gasteiger partial charge in [-0.1, -0.05) is 33.6 Å². The molecule has 2 fully saturated rings. The molecule has 5 aliphatic heterocycles. The summed E-state index contributed by atoms with van der Waals surface area (Å²) >= 11 is 0.273. The number of fused-ring (bicyclic) bond motifs is 5. The number of nitrogens with one attached hydrogen (secondary N) is 6. The van der Waals surface area contributed by atoms with Crippen LogP contribution < -0.4 is 32.3 Å². The van der Waals surface area contributed by atoms with Crippen LogP contribution in [0.5, 0.6) is 5.75 Å². The van der Waals surface area contributed by atoms with Crippen LogP contribution in [-0.4, -0.2) is 222 Å². The maximum absolute atomic E-state index is 15.0. The summed E-state index contributed by atoms with van der Waals surface area (Å²) in [4.78, 5) is 174. The molecule has 0 aliphatic carbocycles. The number of nitrogens with zero attached hydrogens (tertiary/aromatic N) is 4. The van der Waals surface area contributed by atoms with E-state index in [-0.39, 0.29) is 78.8 Å². The number of carbonyl (C=O) groups is 12. The van der Waals surface area contributed by atoms with Crippen molar-refractivity contribution in [1.82, 2.24) is 51.2 Å². The van der Waals surface area contributed by atoms with Gasteiger partial charge in [0.15, 0.2) is 11.6 Å². The lowest BCUT2D eigenvalue weighted by Crippen LogP contribution is -2.56. The molecule has 10 atom stereocenters. The number of aromatic hydroxyl groups is 1. The summed E-state index contributed by atoms with van der Waals surface area (Å²) < 4.78 is 0. The number of rotatable bonds is 15. The van der Waals surface area contributed by atoms with Gasteiger partial charge in [0.05, 0.1) is 49.4 Å². The van der Waals surface area contributed by atoms with Crippen LogP contribution in [0.25, 0.3) is 10.9 Å². The van der Waals surface area contributed by atoms with Gasteiger partial charge in [0.25, 0.3) is 11.8 Å². The van der Waals surface area contributed by atoms with E-state index in [2.05, 4.69) is 31.6 Å². The molecular formula is C56H79N11O17S. The number of H-pyrrole nitrogens is 1. The number of unbranched alkanes of at least 4 members (excludes halogenated alkanes) is 2. The van der Waals surface area contributed by atoms with E-state index in [9.17, 15) is 78.0 Å². The van der Waals surface area contributed by atoms with Crippen molar-refractivity contribution in [2.45, 2.75) is 133 Å². The summed E-state index contributed by atoms with van der Waals surface area (Å²) in [6.45, 7) is 4.14. The second-order valence-corrected chi connectivity index (χ2v) is 23.6. The predicted octanol–water partition coefficient (Wildman–Crippen LogP) is -3.72. The second kappa shape index (κ2) is 30.2. The summed E-state index contributed by atoms with van der Waals surface area (Å²) in [7, 11) is 0. The Labute approximate surface area is 494 Å². The molecule has 0 unspecified atom stereocenters. The van der Waals surface area contributed by atoms with Crippen molar-refractivity contribution >= 4 is 93.3 Å². The Morgan fingerprint density at radius 3 is 2.14 bits per heavy atom. The van der Waals surface area contributed by atoms with Gasteiger partial charge in [-0.15, -0.1) is 0 Å². The lowest BCUT2D eigenvalue weighted by molar-refractivity contribution is -0.145. The van der Waals surface area contributed by atoms with Crippen molar-refractivity contribution < 1.29 is 83.4 Å². The van der Waals surface area contributed by atoms with Gasteiger partial charge in [-0.3, -0.25) is 67.3 Å². The maximum Gasteiger partial charge on any atom is 0.253 e. The van der Waals surface area contributed by atoms with Crippen LogP contribution in [0.2, 0.25) is 0 Å². The van der Waals surface area contributed by atoms with E-state index in [4.69, 9.17) is 5.73 Å². The average molecular weight is 1210 g/mol. The number of hydrogen-bond donors (Lipinski definition) is 11. The molecule has 466 valence electrons. The lowest BCUT2D eigenvalue weighted by atomic mass is 9.85. The number of phenolic OH excluding ortho intramolecular Hbond substituents is 1. The summed E-state index contributed by atoms with van der Waals surface area (Å²) in [6, 6.07) is -2.75. The molecule has 1 aromatic carbocycles. The number of aliphatic hydroxyl groups is 3. The molecule has 0 spiro atoms. The van der Waals surface area contributed by atoms with Crippen LogP contribution in [0.1, 0.15) is 89.7 Å². The highest BCUT2D eigenvalue weighted by atomic mass is 32.2. The molecule has 0 saturated carbocycles. The molecule has 0 radical (unpaired) electrons. The van der Waals surface area contributed by atoms with Crippen LogP contribution in [0.15, 0.2) is 29.3 Å². The van der Waals surface area contributed by atoms with Crippen molar-refractivity contribution in [3.05, 3.63) is 35.4 Å². The fourth-order valence-corrected chi connectivity index (χ4v) is 12.6. The van der Waals surface area contributed by atoms with E-state index < -0.39 is 158 Å². The van der Waals surface area contributed by atoms with E-state index in [1.165, 1.54) is 25.1 Å². The number of thiol groups is 1. The fourth-order valence-electron chi connectivity index (χ4n) is 11.4. The Balaban J connectivity index is 0.0000116. The summed E-state index contributed by atoms with van der Waals surface area (Å²) in [5, 5.41) is 57.4. The topological polar surface area (TPSA) is 431 Å². The number of carbonyl (C=O) groups excluding carboxylic acids is 12. The summed E-state index contributed by atoms with van der Waals surface area (Å²) in [5.74, 6) is -13.5. The van der Waals surface area contributed by atoms with Gasteiger partial charge in [0.2, 0.25) is 52.3 Å². The Morgan fingerprint density at radius 2 is 1.48 bits per heavy atom. The van der Waals surface area contributed by atoms with Crippen LogP contribution in [0, 0.1) is 23.7 Å². The number of Topliss-reactive ketones (excluding diaryl/α,β-unsaturated/α-hetero) is 2. The predicted molar refractivity (Wildman–Crippen MR) is 303 cm³/mol. The van der Waals surface area contributed by atoms with Crippen molar-refractivity contribution in [1.29, 1.82) is 0 Å². The number of imide groups is 1. The Bertz CT molecular complexity index is 2890. The molecular weight excluding hydrogens is 1130 g/mol. The van der Waals surface area contributed by atoms with E-state index >= 15 is 0 Å². The molecule has 5 aliphatic rings. The zero-order chi connectivity index (χ0) is 61.1. The van der Waals surface area contributed by atoms with Gasteiger partial charge in [0.1, 0.15) is 29.6 Å². The zero-order valence-corrected chi connectivity index (χ0v) is 48.8.